The van der Waals surface area contributed by atoms with Gasteiger partial charge in [0.2, 0.25) is 0 Å². The van der Waals surface area contributed by atoms with Gasteiger partial charge in [-0.3, -0.25) is 4.79 Å². The highest BCUT2D eigenvalue weighted by molar-refractivity contribution is 5.81. The monoisotopic (exact) mass is 284 g/mol. The van der Waals surface area contributed by atoms with Crippen LogP contribution in [0.4, 0.5) is 10.2 Å². The molecule has 0 aliphatic rings. The molecule has 1 aromatic heterocycles. The first-order chi connectivity index (χ1) is 10.0. The van der Waals surface area contributed by atoms with Gasteiger partial charge in [0, 0.05) is 11.1 Å². The van der Waals surface area contributed by atoms with Crippen molar-refractivity contribution in [3.63, 3.8) is 0 Å². The molecule has 0 bridgehead atoms. The topological polar surface area (TPSA) is 116 Å². The highest BCUT2D eigenvalue weighted by atomic mass is 19.1. The average Bonchev–Trinajstić information content (AvgIpc) is 2.47. The number of methoxy groups -OCH3 is 1. The van der Waals surface area contributed by atoms with Gasteiger partial charge in [-0.2, -0.15) is 10.5 Å². The van der Waals surface area contributed by atoms with E-state index < -0.39 is 11.4 Å². The first-order valence-corrected chi connectivity index (χ1v) is 5.74. The van der Waals surface area contributed by atoms with Gasteiger partial charge in [-0.25, -0.2) is 4.39 Å². The molecule has 0 amide bonds. The van der Waals surface area contributed by atoms with Crippen molar-refractivity contribution in [3.8, 4) is 29.0 Å². The zero-order valence-electron chi connectivity index (χ0n) is 10.9. The number of nitrogens with zero attached hydrogens (tertiary/aromatic N) is 2. The average molecular weight is 284 g/mol. The number of anilines is 1. The lowest BCUT2D eigenvalue weighted by Crippen LogP contribution is -2.16. The lowest BCUT2D eigenvalue weighted by molar-refractivity contribution is 0.387. The summed E-state index contributed by atoms with van der Waals surface area (Å²) in [4.78, 5) is 14.0. The number of aromatic amines is 1. The highest BCUT2D eigenvalue weighted by Gasteiger charge is 2.22. The normalized spacial score (nSPS) is 9.71. The summed E-state index contributed by atoms with van der Waals surface area (Å²) < 4.78 is 19.2. The molecule has 1 aromatic carbocycles. The van der Waals surface area contributed by atoms with Crippen LogP contribution < -0.4 is 16.0 Å². The van der Waals surface area contributed by atoms with E-state index in [1.165, 1.54) is 25.3 Å². The minimum Gasteiger partial charge on any atom is -0.494 e. The molecule has 0 saturated carbocycles. The number of nitrogens with one attached hydrogen (secondary N) is 1. The third-order valence-corrected chi connectivity index (χ3v) is 2.92. The second kappa shape index (κ2) is 5.35. The van der Waals surface area contributed by atoms with E-state index in [9.17, 15) is 14.4 Å². The van der Waals surface area contributed by atoms with E-state index in [4.69, 9.17) is 15.7 Å². The molecule has 2 rings (SSSR count). The number of rotatable bonds is 2. The number of halogens is 1. The molecule has 21 heavy (non-hydrogen) atoms. The van der Waals surface area contributed by atoms with Gasteiger partial charge in [-0.15, -0.1) is 0 Å². The lowest BCUT2D eigenvalue weighted by Gasteiger charge is -2.11. The molecule has 0 aliphatic heterocycles. The molecule has 0 atom stereocenters. The molecule has 0 saturated heterocycles. The summed E-state index contributed by atoms with van der Waals surface area (Å²) in [7, 11) is 1.28. The smallest absolute Gasteiger partial charge is 0.268 e. The van der Waals surface area contributed by atoms with E-state index in [0.717, 1.165) is 0 Å². The van der Waals surface area contributed by atoms with Crippen molar-refractivity contribution >= 4 is 5.82 Å². The van der Waals surface area contributed by atoms with Crippen molar-refractivity contribution < 1.29 is 9.13 Å². The number of nitrogens with two attached hydrogens (primary N) is 1. The van der Waals surface area contributed by atoms with E-state index in [1.807, 2.05) is 0 Å². The minimum absolute atomic E-state index is 0.0702. The largest absolute Gasteiger partial charge is 0.494 e. The fraction of sp³-hybridized carbons (Fsp3) is 0.0714. The Kier molecular flexibility index (Phi) is 3.59. The first kappa shape index (κ1) is 14.1. The molecule has 6 nitrogen and oxygen atoms in total. The molecular formula is C14H9FN4O2. The van der Waals surface area contributed by atoms with Crippen LogP contribution in [-0.4, -0.2) is 12.1 Å². The van der Waals surface area contributed by atoms with Crippen LogP contribution in [0.2, 0.25) is 0 Å². The molecule has 0 aliphatic carbocycles. The van der Waals surface area contributed by atoms with Crippen molar-refractivity contribution in [2.45, 2.75) is 0 Å². The van der Waals surface area contributed by atoms with Gasteiger partial charge in [0.05, 0.1) is 7.11 Å². The van der Waals surface area contributed by atoms with Crippen molar-refractivity contribution in [2.75, 3.05) is 12.8 Å². The molecule has 0 radical (unpaired) electrons. The van der Waals surface area contributed by atoms with E-state index in [-0.39, 0.29) is 33.8 Å². The predicted octanol–water partition coefficient (Wildman–Crippen LogP) is 1.52. The Balaban J connectivity index is 2.97. The number of hydrogen-bond donors (Lipinski definition) is 2. The van der Waals surface area contributed by atoms with Gasteiger partial charge >= 0.3 is 0 Å². The summed E-state index contributed by atoms with van der Waals surface area (Å²) in [6, 6.07) is 7.65. The Morgan fingerprint density at radius 1 is 1.29 bits per heavy atom. The molecule has 0 fully saturated rings. The zero-order valence-corrected chi connectivity index (χ0v) is 10.9. The van der Waals surface area contributed by atoms with E-state index in [0.29, 0.717) is 0 Å². The van der Waals surface area contributed by atoms with Gasteiger partial charge in [0.25, 0.3) is 5.56 Å². The fourth-order valence-corrected chi connectivity index (χ4v) is 1.97. The summed E-state index contributed by atoms with van der Waals surface area (Å²) >= 11 is 0. The fourth-order valence-electron chi connectivity index (χ4n) is 1.97. The predicted molar refractivity (Wildman–Crippen MR) is 72.9 cm³/mol. The number of ether oxygens (including phenoxy) is 1. The van der Waals surface area contributed by atoms with Crippen LogP contribution in [0.5, 0.6) is 5.75 Å². The van der Waals surface area contributed by atoms with Crippen molar-refractivity contribution in [2.24, 2.45) is 0 Å². The Labute approximate surface area is 118 Å². The molecule has 7 heteroatoms. The Morgan fingerprint density at radius 3 is 2.52 bits per heavy atom. The quantitative estimate of drug-likeness (QED) is 0.867. The molecule has 104 valence electrons. The van der Waals surface area contributed by atoms with Crippen molar-refractivity contribution in [1.82, 2.24) is 4.98 Å². The lowest BCUT2D eigenvalue weighted by atomic mass is 9.96. The number of nitrogen functional groups attached to an aromatic ring is 1. The highest BCUT2D eigenvalue weighted by Crippen LogP contribution is 2.33. The molecule has 2 aromatic rings. The summed E-state index contributed by atoms with van der Waals surface area (Å²) in [6.07, 6.45) is 0. The summed E-state index contributed by atoms with van der Waals surface area (Å²) in [5.74, 6) is -1.07. The molecule has 0 unspecified atom stereocenters. The van der Waals surface area contributed by atoms with Gasteiger partial charge < -0.3 is 15.5 Å². The van der Waals surface area contributed by atoms with E-state index in [2.05, 4.69) is 4.98 Å². The first-order valence-electron chi connectivity index (χ1n) is 5.74. The number of nitriles is 2. The van der Waals surface area contributed by atoms with Gasteiger partial charge in [0.1, 0.15) is 29.1 Å². The van der Waals surface area contributed by atoms with Crippen LogP contribution in [-0.2, 0) is 0 Å². The minimum atomic E-state index is -0.786. The maximum atomic E-state index is 14.4. The Hall–Kier alpha value is -3.32. The Bertz CT molecular complexity index is 859. The molecular weight excluding hydrogens is 275 g/mol. The van der Waals surface area contributed by atoms with Crippen molar-refractivity contribution in [3.05, 3.63) is 45.5 Å². The van der Waals surface area contributed by atoms with Gasteiger partial charge in [-0.1, -0.05) is 12.1 Å². The number of pyridine rings is 1. The third-order valence-electron chi connectivity index (χ3n) is 2.92. The van der Waals surface area contributed by atoms with E-state index >= 15 is 0 Å². The van der Waals surface area contributed by atoms with Crippen LogP contribution in [0.25, 0.3) is 11.1 Å². The number of H-pyrrole nitrogens is 1. The second-order valence-electron chi connectivity index (χ2n) is 4.04. The number of benzene rings is 1. The van der Waals surface area contributed by atoms with Crippen LogP contribution in [0.1, 0.15) is 11.1 Å². The summed E-state index contributed by atoms with van der Waals surface area (Å²) in [5, 5.41) is 18.3. The number of hydrogen-bond acceptors (Lipinski definition) is 5. The number of aromatic nitrogens is 1. The summed E-state index contributed by atoms with van der Waals surface area (Å²) in [5.41, 5.74) is 4.00. The zero-order chi connectivity index (χ0) is 15.6. The van der Waals surface area contributed by atoms with Crippen LogP contribution in [0.3, 0.4) is 0 Å². The molecule has 3 N–H and O–H groups in total. The van der Waals surface area contributed by atoms with Gasteiger partial charge in [-0.05, 0) is 6.07 Å². The third kappa shape index (κ3) is 2.17. The molecule has 1 heterocycles. The van der Waals surface area contributed by atoms with Gasteiger partial charge in [0.15, 0.2) is 11.6 Å². The summed E-state index contributed by atoms with van der Waals surface area (Å²) in [6.45, 7) is 0. The maximum Gasteiger partial charge on any atom is 0.268 e. The standard InChI is InChI=1S/C14H9FN4O2/c1-21-10-4-2-3-7(12(10)15)11-8(5-16)13(18)19-14(20)9(11)6-17/h2-4H,1H3,(H3,18,19,20). The van der Waals surface area contributed by atoms with Crippen molar-refractivity contribution in [1.29, 1.82) is 10.5 Å². The SMILES string of the molecule is COc1cccc(-c2c(C#N)c(N)[nH]c(=O)c2C#N)c1F. The molecule has 0 spiro atoms. The Morgan fingerprint density at radius 2 is 1.95 bits per heavy atom. The van der Waals surface area contributed by atoms with Crippen LogP contribution >= 0.6 is 0 Å². The van der Waals surface area contributed by atoms with Crippen LogP contribution in [0, 0.1) is 28.5 Å². The maximum absolute atomic E-state index is 14.4. The second-order valence-corrected chi connectivity index (χ2v) is 4.04. The van der Waals surface area contributed by atoms with Crippen LogP contribution in [0.15, 0.2) is 23.0 Å². The van der Waals surface area contributed by atoms with E-state index in [1.54, 1.807) is 12.1 Å².